The molecule has 1 rings (SSSR count). The predicted molar refractivity (Wildman–Crippen MR) is 36.6 cm³/mol. The first kappa shape index (κ1) is 11.0. The van der Waals surface area contributed by atoms with E-state index in [4.69, 9.17) is 0 Å². The third-order valence-electron chi connectivity index (χ3n) is 1.21. The molecule has 1 heterocycles. The van der Waals surface area contributed by atoms with Crippen LogP contribution < -0.4 is 0 Å². The van der Waals surface area contributed by atoms with Crippen LogP contribution in [0, 0.1) is 0 Å². The highest BCUT2D eigenvalue weighted by atomic mass is 32.3. The second-order valence-corrected chi connectivity index (χ2v) is 3.70. The molecule has 0 N–H and O–H groups in total. The number of alkyl halides is 3. The quantitative estimate of drug-likeness (QED) is 0.566. The molecule has 80 valence electrons. The Balaban J connectivity index is 2.90. The fourth-order valence-corrected chi connectivity index (χ4v) is 1.17. The van der Waals surface area contributed by atoms with Crippen LogP contribution in [-0.2, 0) is 16.8 Å². The maximum atomic E-state index is 12.2. The van der Waals surface area contributed by atoms with E-state index in [1.807, 2.05) is 0 Å². The molecule has 0 spiro atoms. The van der Waals surface area contributed by atoms with Crippen LogP contribution in [0.15, 0.2) is 17.3 Å². The van der Waals surface area contributed by atoms with E-state index in [1.54, 1.807) is 0 Å². The van der Waals surface area contributed by atoms with Crippen LogP contribution >= 0.6 is 0 Å². The van der Waals surface area contributed by atoms with Crippen molar-refractivity contribution in [2.75, 3.05) is 0 Å². The zero-order valence-corrected chi connectivity index (χ0v) is 7.31. The fraction of sp³-hybridized carbons (Fsp3) is 0.400. The van der Waals surface area contributed by atoms with Crippen LogP contribution in [0.5, 0.6) is 0 Å². The molecule has 1 aromatic rings. The Hall–Kier alpha value is -1.12. The third-order valence-corrected chi connectivity index (χ3v) is 1.92. The van der Waals surface area contributed by atoms with E-state index in [1.165, 1.54) is 0 Å². The topological polar surface area (TPSA) is 52.0 Å². The number of rotatable bonds is 2. The highest BCUT2D eigenvalue weighted by Crippen LogP contribution is 2.18. The molecule has 0 unspecified atom stereocenters. The van der Waals surface area contributed by atoms with Gasteiger partial charge in [0, 0.05) is 6.20 Å². The van der Waals surface area contributed by atoms with Crippen LogP contribution in [0.1, 0.15) is 0 Å². The molecule has 0 aliphatic rings. The standard InChI is InChI=1S/C5H4F4N2O2S/c6-5(7,8)3-11-2-1-4(10-11)14(9,12)13/h1-2H,3H2. The molecule has 14 heavy (non-hydrogen) atoms. The van der Waals surface area contributed by atoms with E-state index in [0.717, 1.165) is 6.20 Å². The summed E-state index contributed by atoms with van der Waals surface area (Å²) in [5.41, 5.74) is 0. The van der Waals surface area contributed by atoms with Crippen molar-refractivity contribution in [3.05, 3.63) is 12.3 Å². The normalized spacial score (nSPS) is 13.1. The molecule has 0 aliphatic heterocycles. The smallest absolute Gasteiger partial charge is 0.262 e. The van der Waals surface area contributed by atoms with E-state index < -0.39 is 28.0 Å². The van der Waals surface area contributed by atoms with Gasteiger partial charge in [-0.05, 0) is 6.07 Å². The molecule has 0 bridgehead atoms. The molecule has 0 saturated carbocycles. The summed E-state index contributed by atoms with van der Waals surface area (Å²) in [6, 6.07) is 0.654. The Morgan fingerprint density at radius 2 is 2.00 bits per heavy atom. The summed E-state index contributed by atoms with van der Waals surface area (Å²) < 4.78 is 68.1. The molecule has 0 radical (unpaired) electrons. The van der Waals surface area contributed by atoms with Gasteiger partial charge in [-0.15, -0.1) is 0 Å². The summed E-state index contributed by atoms with van der Waals surface area (Å²) >= 11 is 0. The zero-order valence-electron chi connectivity index (χ0n) is 6.49. The van der Waals surface area contributed by atoms with E-state index in [2.05, 4.69) is 5.10 Å². The molecule has 0 amide bonds. The van der Waals surface area contributed by atoms with Gasteiger partial charge in [0.1, 0.15) is 6.54 Å². The van der Waals surface area contributed by atoms with Crippen molar-refractivity contribution in [2.24, 2.45) is 0 Å². The summed E-state index contributed by atoms with van der Waals surface area (Å²) in [6.07, 6.45) is -3.79. The van der Waals surface area contributed by atoms with Gasteiger partial charge in [-0.25, -0.2) is 0 Å². The lowest BCUT2D eigenvalue weighted by atomic mass is 10.6. The predicted octanol–water partition coefficient (Wildman–Crippen LogP) is 1.10. The van der Waals surface area contributed by atoms with Crippen LogP contribution in [-0.4, -0.2) is 24.4 Å². The molecule has 0 saturated heterocycles. The highest BCUT2D eigenvalue weighted by Gasteiger charge is 2.29. The summed E-state index contributed by atoms with van der Waals surface area (Å²) in [5.74, 6) is 0. The van der Waals surface area contributed by atoms with Crippen molar-refractivity contribution in [1.82, 2.24) is 9.78 Å². The Kier molecular flexibility index (Phi) is 2.52. The van der Waals surface area contributed by atoms with Gasteiger partial charge >= 0.3 is 16.4 Å². The third kappa shape index (κ3) is 2.98. The Labute approximate surface area is 76.4 Å². The van der Waals surface area contributed by atoms with Crippen molar-refractivity contribution < 1.29 is 25.5 Å². The first-order chi connectivity index (χ1) is 6.18. The Morgan fingerprint density at radius 3 is 2.36 bits per heavy atom. The van der Waals surface area contributed by atoms with Gasteiger partial charge in [-0.1, -0.05) is 3.89 Å². The monoisotopic (exact) mass is 232 g/mol. The molecule has 9 heteroatoms. The zero-order chi connectivity index (χ0) is 11.0. The Morgan fingerprint density at radius 1 is 1.43 bits per heavy atom. The summed E-state index contributed by atoms with van der Waals surface area (Å²) in [6.45, 7) is -1.46. The number of hydrogen-bond acceptors (Lipinski definition) is 3. The average Bonchev–Trinajstić information content (AvgIpc) is 2.29. The number of halogens is 4. The van der Waals surface area contributed by atoms with Gasteiger partial charge in [0.2, 0.25) is 5.03 Å². The Bertz CT molecular complexity index is 421. The number of aromatic nitrogens is 2. The van der Waals surface area contributed by atoms with E-state index in [0.29, 0.717) is 10.7 Å². The van der Waals surface area contributed by atoms with Crippen LogP contribution in [0.25, 0.3) is 0 Å². The molecule has 4 nitrogen and oxygen atoms in total. The van der Waals surface area contributed by atoms with Gasteiger partial charge in [0.15, 0.2) is 0 Å². The second-order valence-electron chi connectivity index (χ2n) is 2.40. The molecular weight excluding hydrogens is 228 g/mol. The first-order valence-corrected chi connectivity index (χ1v) is 4.62. The average molecular weight is 232 g/mol. The van der Waals surface area contributed by atoms with Crippen molar-refractivity contribution in [3.8, 4) is 0 Å². The second kappa shape index (κ2) is 3.23. The number of nitrogens with zero attached hydrogens (tertiary/aromatic N) is 2. The van der Waals surface area contributed by atoms with Gasteiger partial charge < -0.3 is 0 Å². The molecule has 0 fully saturated rings. The van der Waals surface area contributed by atoms with Gasteiger partial charge in [0.05, 0.1) is 0 Å². The fourth-order valence-electron chi connectivity index (χ4n) is 0.745. The van der Waals surface area contributed by atoms with E-state index >= 15 is 0 Å². The van der Waals surface area contributed by atoms with Crippen molar-refractivity contribution in [2.45, 2.75) is 17.7 Å². The van der Waals surface area contributed by atoms with E-state index in [9.17, 15) is 25.5 Å². The number of hydrogen-bond donors (Lipinski definition) is 0. The lowest BCUT2D eigenvalue weighted by Crippen LogP contribution is -2.18. The maximum Gasteiger partial charge on any atom is 0.408 e. The molecule has 1 aromatic heterocycles. The van der Waals surface area contributed by atoms with Gasteiger partial charge in [0.25, 0.3) is 0 Å². The largest absolute Gasteiger partial charge is 0.408 e. The van der Waals surface area contributed by atoms with Crippen LogP contribution in [0.4, 0.5) is 17.1 Å². The molecule has 0 atom stereocenters. The molecular formula is C5H4F4N2O2S. The molecule has 0 aromatic carbocycles. The minimum Gasteiger partial charge on any atom is -0.262 e. The highest BCUT2D eigenvalue weighted by molar-refractivity contribution is 7.86. The molecule has 0 aliphatic carbocycles. The van der Waals surface area contributed by atoms with Crippen molar-refractivity contribution in [3.63, 3.8) is 0 Å². The lowest BCUT2D eigenvalue weighted by Gasteiger charge is -2.04. The minimum absolute atomic E-state index is 0.298. The van der Waals surface area contributed by atoms with E-state index in [-0.39, 0.29) is 0 Å². The van der Waals surface area contributed by atoms with Gasteiger partial charge in [-0.3, -0.25) is 4.68 Å². The van der Waals surface area contributed by atoms with Crippen LogP contribution in [0.2, 0.25) is 0 Å². The summed E-state index contributed by atoms with van der Waals surface area (Å²) in [5, 5.41) is 1.87. The summed E-state index contributed by atoms with van der Waals surface area (Å²) in [4.78, 5) is 0. The maximum absolute atomic E-state index is 12.2. The minimum atomic E-state index is -5.04. The van der Waals surface area contributed by atoms with Crippen LogP contribution in [0.3, 0.4) is 0 Å². The summed E-state index contributed by atoms with van der Waals surface area (Å²) in [7, 11) is -5.04. The SMILES string of the molecule is O=S(=O)(F)c1ccn(CC(F)(F)F)n1. The van der Waals surface area contributed by atoms with Gasteiger partial charge in [-0.2, -0.15) is 26.7 Å². The van der Waals surface area contributed by atoms with Crippen molar-refractivity contribution in [1.29, 1.82) is 0 Å². The lowest BCUT2D eigenvalue weighted by molar-refractivity contribution is -0.142. The van der Waals surface area contributed by atoms with Crippen molar-refractivity contribution >= 4 is 10.2 Å². The first-order valence-electron chi connectivity index (χ1n) is 3.23.